The van der Waals surface area contributed by atoms with Crippen LogP contribution in [-0.2, 0) is 0 Å². The minimum absolute atomic E-state index is 0.0498. The molecule has 0 spiro atoms. The molecule has 134 valence electrons. The van der Waals surface area contributed by atoms with Gasteiger partial charge in [-0.1, -0.05) is 37.3 Å². The standard InChI is InChI=1S/C19H22N6O/c1-11-16(18(26)22-15-10-14(20)19(15,2)3)23-24-25(11)13-8-4-6-12-7-5-9-21-17(12)13/h4-9,14-15H,10,20H2,1-3H3,(H,22,26). The van der Waals surface area contributed by atoms with E-state index in [4.69, 9.17) is 5.73 Å². The Morgan fingerprint density at radius 2 is 2.08 bits per heavy atom. The summed E-state index contributed by atoms with van der Waals surface area (Å²) in [6, 6.07) is 9.90. The van der Waals surface area contributed by atoms with E-state index in [-0.39, 0.29) is 23.4 Å². The van der Waals surface area contributed by atoms with Gasteiger partial charge in [0.05, 0.1) is 16.9 Å². The van der Waals surface area contributed by atoms with Crippen LogP contribution >= 0.6 is 0 Å². The number of nitrogens with zero attached hydrogens (tertiary/aromatic N) is 4. The minimum atomic E-state index is -0.216. The zero-order valence-corrected chi connectivity index (χ0v) is 15.1. The van der Waals surface area contributed by atoms with Crippen LogP contribution in [0, 0.1) is 12.3 Å². The predicted octanol–water partition coefficient (Wildman–Crippen LogP) is 1.98. The monoisotopic (exact) mass is 350 g/mol. The van der Waals surface area contributed by atoms with Crippen molar-refractivity contribution in [1.29, 1.82) is 0 Å². The molecule has 0 aliphatic heterocycles. The lowest BCUT2D eigenvalue weighted by Crippen LogP contribution is -2.64. The van der Waals surface area contributed by atoms with Crippen LogP contribution in [-0.4, -0.2) is 38.0 Å². The zero-order valence-electron chi connectivity index (χ0n) is 15.1. The van der Waals surface area contributed by atoms with Gasteiger partial charge in [0.1, 0.15) is 0 Å². The highest BCUT2D eigenvalue weighted by atomic mass is 16.2. The molecule has 2 atom stereocenters. The first kappa shape index (κ1) is 16.7. The van der Waals surface area contributed by atoms with E-state index in [1.165, 1.54) is 0 Å². The fourth-order valence-electron chi connectivity index (χ4n) is 3.46. The largest absolute Gasteiger partial charge is 0.347 e. The second-order valence-corrected chi connectivity index (χ2v) is 7.48. The molecule has 26 heavy (non-hydrogen) atoms. The number of rotatable bonds is 3. The number of nitrogens with one attached hydrogen (secondary N) is 1. The second-order valence-electron chi connectivity index (χ2n) is 7.48. The van der Waals surface area contributed by atoms with Gasteiger partial charge in [-0.05, 0) is 25.5 Å². The van der Waals surface area contributed by atoms with Crippen LogP contribution in [0.1, 0.15) is 36.5 Å². The number of hydrogen-bond acceptors (Lipinski definition) is 5. The molecule has 7 heteroatoms. The molecule has 7 nitrogen and oxygen atoms in total. The smallest absolute Gasteiger partial charge is 0.274 e. The van der Waals surface area contributed by atoms with E-state index in [0.29, 0.717) is 11.4 Å². The fraction of sp³-hybridized carbons (Fsp3) is 0.368. The summed E-state index contributed by atoms with van der Waals surface area (Å²) < 4.78 is 1.67. The number of carbonyl (C=O) groups is 1. The lowest BCUT2D eigenvalue weighted by Gasteiger charge is -2.50. The molecule has 1 aliphatic rings. The maximum Gasteiger partial charge on any atom is 0.274 e. The third-order valence-electron chi connectivity index (χ3n) is 5.60. The first-order valence-corrected chi connectivity index (χ1v) is 8.72. The number of para-hydroxylation sites is 1. The van der Waals surface area contributed by atoms with Gasteiger partial charge in [-0.15, -0.1) is 5.10 Å². The molecule has 0 bridgehead atoms. The first-order chi connectivity index (χ1) is 12.4. The number of pyridine rings is 1. The van der Waals surface area contributed by atoms with Gasteiger partial charge in [-0.2, -0.15) is 0 Å². The average Bonchev–Trinajstić information content (AvgIpc) is 3.02. The molecule has 0 radical (unpaired) electrons. The zero-order chi connectivity index (χ0) is 18.5. The van der Waals surface area contributed by atoms with Gasteiger partial charge in [0.15, 0.2) is 5.69 Å². The van der Waals surface area contributed by atoms with Crippen molar-refractivity contribution in [3.63, 3.8) is 0 Å². The Balaban J connectivity index is 1.65. The van der Waals surface area contributed by atoms with Crippen LogP contribution in [0.3, 0.4) is 0 Å². The molecular formula is C19H22N6O. The lowest BCUT2D eigenvalue weighted by molar-refractivity contribution is 0.0583. The van der Waals surface area contributed by atoms with E-state index in [1.54, 1.807) is 10.9 Å². The molecule has 3 N–H and O–H groups in total. The van der Waals surface area contributed by atoms with Crippen molar-refractivity contribution in [1.82, 2.24) is 25.3 Å². The van der Waals surface area contributed by atoms with Gasteiger partial charge < -0.3 is 11.1 Å². The van der Waals surface area contributed by atoms with E-state index in [9.17, 15) is 4.79 Å². The minimum Gasteiger partial charge on any atom is -0.347 e. The Kier molecular flexibility index (Phi) is 3.77. The molecule has 3 aromatic rings. The number of fused-ring (bicyclic) bond motifs is 1. The van der Waals surface area contributed by atoms with E-state index in [1.807, 2.05) is 37.3 Å². The maximum absolute atomic E-state index is 12.7. The summed E-state index contributed by atoms with van der Waals surface area (Å²) in [5.74, 6) is -0.216. The molecule has 1 fully saturated rings. The van der Waals surface area contributed by atoms with Crippen molar-refractivity contribution in [3.05, 3.63) is 47.9 Å². The fourth-order valence-corrected chi connectivity index (χ4v) is 3.46. The summed E-state index contributed by atoms with van der Waals surface area (Å²) in [7, 11) is 0. The molecule has 2 heterocycles. The third kappa shape index (κ3) is 2.47. The van der Waals surface area contributed by atoms with Crippen molar-refractivity contribution < 1.29 is 4.79 Å². The van der Waals surface area contributed by atoms with Gasteiger partial charge in [0.25, 0.3) is 5.91 Å². The molecule has 4 rings (SSSR count). The molecule has 0 saturated heterocycles. The third-order valence-corrected chi connectivity index (χ3v) is 5.60. The summed E-state index contributed by atoms with van der Waals surface area (Å²) >= 11 is 0. The average molecular weight is 350 g/mol. The molecule has 1 saturated carbocycles. The lowest BCUT2D eigenvalue weighted by atomic mass is 9.63. The summed E-state index contributed by atoms with van der Waals surface area (Å²) in [6.45, 7) is 5.98. The van der Waals surface area contributed by atoms with E-state index < -0.39 is 0 Å². The Bertz CT molecular complexity index is 987. The Morgan fingerprint density at radius 3 is 2.81 bits per heavy atom. The molecular weight excluding hydrogens is 328 g/mol. The summed E-state index contributed by atoms with van der Waals surface area (Å²) in [5, 5.41) is 12.4. The molecule has 1 amide bonds. The van der Waals surface area contributed by atoms with Crippen molar-refractivity contribution >= 4 is 16.8 Å². The molecule has 1 aliphatic carbocycles. The van der Waals surface area contributed by atoms with Crippen LogP contribution in [0.5, 0.6) is 0 Å². The van der Waals surface area contributed by atoms with Crippen LogP contribution in [0.2, 0.25) is 0 Å². The predicted molar refractivity (Wildman–Crippen MR) is 99.0 cm³/mol. The highest BCUT2D eigenvalue weighted by molar-refractivity contribution is 5.94. The van der Waals surface area contributed by atoms with Crippen LogP contribution in [0.15, 0.2) is 36.5 Å². The molecule has 2 unspecified atom stereocenters. The topological polar surface area (TPSA) is 98.7 Å². The number of aromatic nitrogens is 4. The first-order valence-electron chi connectivity index (χ1n) is 8.72. The van der Waals surface area contributed by atoms with E-state index in [0.717, 1.165) is 23.0 Å². The summed E-state index contributed by atoms with van der Waals surface area (Å²) in [6.07, 6.45) is 2.52. The van der Waals surface area contributed by atoms with Crippen molar-refractivity contribution in [2.45, 2.75) is 39.3 Å². The number of amides is 1. The number of hydrogen-bond donors (Lipinski definition) is 2. The van der Waals surface area contributed by atoms with Crippen molar-refractivity contribution in [3.8, 4) is 5.69 Å². The normalized spacial score (nSPS) is 21.4. The quantitative estimate of drug-likeness (QED) is 0.752. The number of nitrogens with two attached hydrogens (primary N) is 1. The van der Waals surface area contributed by atoms with E-state index in [2.05, 4.69) is 34.5 Å². The van der Waals surface area contributed by atoms with Crippen LogP contribution in [0.4, 0.5) is 0 Å². The number of benzene rings is 1. The van der Waals surface area contributed by atoms with Crippen LogP contribution < -0.4 is 11.1 Å². The summed E-state index contributed by atoms with van der Waals surface area (Å²) in [4.78, 5) is 17.1. The Morgan fingerprint density at radius 1 is 1.31 bits per heavy atom. The maximum atomic E-state index is 12.7. The second kappa shape index (κ2) is 5.88. The van der Waals surface area contributed by atoms with Crippen LogP contribution in [0.25, 0.3) is 16.6 Å². The highest BCUT2D eigenvalue weighted by Crippen LogP contribution is 2.39. The number of carbonyl (C=O) groups excluding carboxylic acids is 1. The van der Waals surface area contributed by atoms with Crippen molar-refractivity contribution in [2.24, 2.45) is 11.1 Å². The van der Waals surface area contributed by atoms with Gasteiger partial charge in [-0.3, -0.25) is 9.78 Å². The van der Waals surface area contributed by atoms with Gasteiger partial charge in [0.2, 0.25) is 0 Å². The SMILES string of the molecule is Cc1c(C(=O)NC2CC(N)C2(C)C)nnn1-c1cccc2cccnc12. The van der Waals surface area contributed by atoms with Crippen molar-refractivity contribution in [2.75, 3.05) is 0 Å². The molecule has 1 aromatic carbocycles. The summed E-state index contributed by atoms with van der Waals surface area (Å²) in [5.41, 5.74) is 8.56. The Hall–Kier alpha value is -2.80. The van der Waals surface area contributed by atoms with Gasteiger partial charge >= 0.3 is 0 Å². The molecule has 2 aromatic heterocycles. The Labute approximate surface area is 151 Å². The van der Waals surface area contributed by atoms with Gasteiger partial charge in [0, 0.05) is 29.1 Å². The van der Waals surface area contributed by atoms with E-state index >= 15 is 0 Å². The van der Waals surface area contributed by atoms with Gasteiger partial charge in [-0.25, -0.2) is 4.68 Å². The highest BCUT2D eigenvalue weighted by Gasteiger charge is 2.47.